The van der Waals surface area contributed by atoms with Gasteiger partial charge in [-0.15, -0.1) is 0 Å². The number of carbonyl (C=O) groups is 1. The van der Waals surface area contributed by atoms with E-state index in [-0.39, 0.29) is 11.1 Å². The fourth-order valence-electron chi connectivity index (χ4n) is 1.92. The molecule has 0 bridgehead atoms. The van der Waals surface area contributed by atoms with Crippen molar-refractivity contribution in [3.8, 4) is 11.6 Å². The largest absolute Gasteiger partial charge is 0.437 e. The molecule has 0 atom stereocenters. The number of nitrogens with zero attached hydrogens (tertiary/aromatic N) is 2. The van der Waals surface area contributed by atoms with Crippen LogP contribution in [0.5, 0.6) is 11.6 Å². The number of ether oxygens (including phenoxy) is 1. The predicted molar refractivity (Wildman–Crippen MR) is 70.5 cm³/mol. The number of benzene rings is 1. The second-order valence-electron chi connectivity index (χ2n) is 4.15. The monoisotopic (exact) mass is 275 g/mol. The Morgan fingerprint density at radius 1 is 1.26 bits per heavy atom. The number of aryl methyl sites for hydroxylation is 1. The van der Waals surface area contributed by atoms with Gasteiger partial charge < -0.3 is 10.1 Å². The molecule has 1 aromatic heterocycles. The normalized spacial score (nSPS) is 13.6. The summed E-state index contributed by atoms with van der Waals surface area (Å²) in [4.78, 5) is 19.2. The molecule has 0 saturated carbocycles. The number of nitrogens with one attached hydrogen (secondary N) is 1. The van der Waals surface area contributed by atoms with Gasteiger partial charge in [-0.05, 0) is 30.2 Å². The molecule has 2 aromatic rings. The van der Waals surface area contributed by atoms with E-state index in [1.807, 2.05) is 12.1 Å². The molecular weight excluding hydrogens is 266 g/mol. The lowest BCUT2D eigenvalue weighted by Gasteiger charge is -2.17. The Morgan fingerprint density at radius 3 is 3.00 bits per heavy atom. The number of carbonyl (C=O) groups excluding carboxylic acids is 1. The molecule has 6 heteroatoms. The van der Waals surface area contributed by atoms with Crippen LogP contribution in [0.3, 0.4) is 0 Å². The molecule has 0 unspecified atom stereocenters. The highest BCUT2D eigenvalue weighted by Crippen LogP contribution is 2.29. The van der Waals surface area contributed by atoms with Crippen LogP contribution in [0.25, 0.3) is 0 Å². The number of amides is 1. The van der Waals surface area contributed by atoms with Gasteiger partial charge in [0.25, 0.3) is 0 Å². The minimum absolute atomic E-state index is 0.0434. The first-order chi connectivity index (χ1) is 9.20. The number of fused-ring (bicyclic) bond motifs is 1. The van der Waals surface area contributed by atoms with E-state index in [0.717, 1.165) is 11.3 Å². The van der Waals surface area contributed by atoms with E-state index in [1.165, 1.54) is 12.4 Å². The second kappa shape index (κ2) is 4.85. The molecule has 1 N–H and O–H groups in total. The molecule has 1 aliphatic rings. The van der Waals surface area contributed by atoms with Gasteiger partial charge in [0, 0.05) is 12.1 Å². The van der Waals surface area contributed by atoms with Crippen molar-refractivity contribution in [3.05, 3.63) is 41.3 Å². The summed E-state index contributed by atoms with van der Waals surface area (Å²) in [5.41, 5.74) is 1.88. The highest BCUT2D eigenvalue weighted by molar-refractivity contribution is 6.29. The van der Waals surface area contributed by atoms with Crippen molar-refractivity contribution in [2.45, 2.75) is 12.8 Å². The first-order valence-corrected chi connectivity index (χ1v) is 6.17. The molecule has 1 amide bonds. The SMILES string of the molecule is O=C1CCc2cc(Oc3cncc(Cl)n3)ccc2N1. The van der Waals surface area contributed by atoms with Crippen LogP contribution in [0.2, 0.25) is 5.15 Å². The van der Waals surface area contributed by atoms with Crippen LogP contribution in [0, 0.1) is 0 Å². The predicted octanol–water partition coefficient (Wildman–Crippen LogP) is 2.81. The molecule has 0 fully saturated rings. The van der Waals surface area contributed by atoms with E-state index < -0.39 is 0 Å². The quantitative estimate of drug-likeness (QED) is 0.915. The molecule has 0 saturated heterocycles. The third-order valence-corrected chi connectivity index (χ3v) is 2.96. The highest BCUT2D eigenvalue weighted by atomic mass is 35.5. The van der Waals surface area contributed by atoms with Crippen LogP contribution < -0.4 is 10.1 Å². The zero-order valence-corrected chi connectivity index (χ0v) is 10.6. The summed E-state index contributed by atoms with van der Waals surface area (Å²) in [5, 5.41) is 3.10. The summed E-state index contributed by atoms with van der Waals surface area (Å²) >= 11 is 5.74. The van der Waals surface area contributed by atoms with Crippen molar-refractivity contribution in [2.75, 3.05) is 5.32 Å². The maximum atomic E-state index is 11.3. The highest BCUT2D eigenvalue weighted by Gasteiger charge is 2.15. The van der Waals surface area contributed by atoms with Gasteiger partial charge in [0.2, 0.25) is 11.8 Å². The van der Waals surface area contributed by atoms with Crippen molar-refractivity contribution >= 4 is 23.2 Å². The van der Waals surface area contributed by atoms with E-state index in [9.17, 15) is 4.79 Å². The Hall–Kier alpha value is -2.14. The Bertz CT molecular complexity index is 646. The number of hydrogen-bond donors (Lipinski definition) is 1. The number of hydrogen-bond acceptors (Lipinski definition) is 4. The van der Waals surface area contributed by atoms with E-state index in [1.54, 1.807) is 6.07 Å². The Morgan fingerprint density at radius 2 is 2.16 bits per heavy atom. The van der Waals surface area contributed by atoms with Gasteiger partial charge in [0.05, 0.1) is 12.4 Å². The Balaban J connectivity index is 1.85. The van der Waals surface area contributed by atoms with Crippen LogP contribution >= 0.6 is 11.6 Å². The molecule has 96 valence electrons. The molecule has 1 aromatic carbocycles. The van der Waals surface area contributed by atoms with Crippen molar-refractivity contribution in [1.82, 2.24) is 9.97 Å². The molecule has 1 aliphatic heterocycles. The van der Waals surface area contributed by atoms with Crippen LogP contribution in [-0.2, 0) is 11.2 Å². The molecule has 19 heavy (non-hydrogen) atoms. The number of aromatic nitrogens is 2. The molecule has 2 heterocycles. The lowest BCUT2D eigenvalue weighted by atomic mass is 10.0. The van der Waals surface area contributed by atoms with E-state index in [2.05, 4.69) is 15.3 Å². The fraction of sp³-hybridized carbons (Fsp3) is 0.154. The average molecular weight is 276 g/mol. The number of rotatable bonds is 2. The average Bonchev–Trinajstić information content (AvgIpc) is 2.39. The molecule has 0 aliphatic carbocycles. The summed E-state index contributed by atoms with van der Waals surface area (Å²) in [6.07, 6.45) is 4.14. The smallest absolute Gasteiger partial charge is 0.239 e. The number of halogens is 1. The third kappa shape index (κ3) is 2.66. The summed E-state index contributed by atoms with van der Waals surface area (Å²) in [5.74, 6) is 1.03. The summed E-state index contributed by atoms with van der Waals surface area (Å²) in [6, 6.07) is 5.48. The van der Waals surface area contributed by atoms with Crippen molar-refractivity contribution < 1.29 is 9.53 Å². The molecule has 0 radical (unpaired) electrons. The van der Waals surface area contributed by atoms with Crippen LogP contribution in [0.4, 0.5) is 5.69 Å². The van der Waals surface area contributed by atoms with E-state index in [4.69, 9.17) is 16.3 Å². The van der Waals surface area contributed by atoms with Crippen LogP contribution in [0.15, 0.2) is 30.6 Å². The Labute approximate surface area is 114 Å². The minimum Gasteiger partial charge on any atom is -0.437 e. The summed E-state index contributed by atoms with van der Waals surface area (Å²) in [6.45, 7) is 0. The summed E-state index contributed by atoms with van der Waals surface area (Å²) in [7, 11) is 0. The zero-order chi connectivity index (χ0) is 13.2. The van der Waals surface area contributed by atoms with Gasteiger partial charge >= 0.3 is 0 Å². The van der Waals surface area contributed by atoms with E-state index in [0.29, 0.717) is 24.5 Å². The van der Waals surface area contributed by atoms with Gasteiger partial charge in [0.1, 0.15) is 5.75 Å². The first kappa shape index (κ1) is 11.9. The number of anilines is 1. The van der Waals surface area contributed by atoms with Gasteiger partial charge in [-0.2, -0.15) is 4.98 Å². The third-order valence-electron chi connectivity index (χ3n) is 2.78. The van der Waals surface area contributed by atoms with Gasteiger partial charge in [0.15, 0.2) is 5.15 Å². The van der Waals surface area contributed by atoms with Gasteiger partial charge in [-0.1, -0.05) is 11.6 Å². The second-order valence-corrected chi connectivity index (χ2v) is 4.54. The van der Waals surface area contributed by atoms with Crippen molar-refractivity contribution in [2.24, 2.45) is 0 Å². The topological polar surface area (TPSA) is 64.1 Å². The summed E-state index contributed by atoms with van der Waals surface area (Å²) < 4.78 is 5.58. The Kier molecular flexibility index (Phi) is 3.05. The molecular formula is C13H10ClN3O2. The van der Waals surface area contributed by atoms with Crippen LogP contribution in [-0.4, -0.2) is 15.9 Å². The molecule has 0 spiro atoms. The maximum Gasteiger partial charge on any atom is 0.239 e. The van der Waals surface area contributed by atoms with Crippen molar-refractivity contribution in [3.63, 3.8) is 0 Å². The fourth-order valence-corrected chi connectivity index (χ4v) is 2.06. The lowest BCUT2D eigenvalue weighted by molar-refractivity contribution is -0.116. The first-order valence-electron chi connectivity index (χ1n) is 5.79. The maximum absolute atomic E-state index is 11.3. The van der Waals surface area contributed by atoms with Gasteiger partial charge in [-0.3, -0.25) is 9.78 Å². The lowest BCUT2D eigenvalue weighted by Crippen LogP contribution is -2.18. The molecule has 5 nitrogen and oxygen atoms in total. The standard InChI is InChI=1S/C13H10ClN3O2/c14-11-6-15-7-13(17-11)19-9-2-3-10-8(5-9)1-4-12(18)16-10/h2-3,5-7H,1,4H2,(H,16,18). The van der Waals surface area contributed by atoms with E-state index >= 15 is 0 Å². The van der Waals surface area contributed by atoms with Crippen molar-refractivity contribution in [1.29, 1.82) is 0 Å². The minimum atomic E-state index is 0.0434. The van der Waals surface area contributed by atoms with Crippen LogP contribution in [0.1, 0.15) is 12.0 Å². The molecule has 3 rings (SSSR count). The van der Waals surface area contributed by atoms with Gasteiger partial charge in [-0.25, -0.2) is 0 Å². The zero-order valence-electron chi connectivity index (χ0n) is 9.89.